The number of fused-ring (bicyclic) bond motifs is 1. The van der Waals surface area contributed by atoms with Gasteiger partial charge >= 0.3 is 5.97 Å². The van der Waals surface area contributed by atoms with Gasteiger partial charge in [-0.1, -0.05) is 30.3 Å². The van der Waals surface area contributed by atoms with E-state index in [2.05, 4.69) is 4.98 Å². The zero-order valence-corrected chi connectivity index (χ0v) is 14.6. The molecule has 124 valence electrons. The third kappa shape index (κ3) is 2.85. The Labute approximate surface area is 143 Å². The Morgan fingerprint density at radius 3 is 2.71 bits per heavy atom. The van der Waals surface area contributed by atoms with Crippen LogP contribution < -0.4 is 5.56 Å². The Bertz CT molecular complexity index is 944. The van der Waals surface area contributed by atoms with Gasteiger partial charge in [0.25, 0.3) is 5.56 Å². The monoisotopic (exact) mass is 342 g/mol. The molecule has 0 saturated carbocycles. The van der Waals surface area contributed by atoms with E-state index in [1.54, 1.807) is 20.8 Å². The van der Waals surface area contributed by atoms with Crippen molar-refractivity contribution in [1.82, 2.24) is 9.55 Å². The van der Waals surface area contributed by atoms with E-state index in [-0.39, 0.29) is 12.2 Å². The van der Waals surface area contributed by atoms with Crippen LogP contribution in [0.3, 0.4) is 0 Å². The highest BCUT2D eigenvalue weighted by atomic mass is 32.1. The number of benzene rings is 1. The van der Waals surface area contributed by atoms with Gasteiger partial charge in [-0.05, 0) is 32.4 Å². The molecular weight excluding hydrogens is 324 g/mol. The average molecular weight is 342 g/mol. The molecule has 0 radical (unpaired) electrons. The van der Waals surface area contributed by atoms with E-state index in [0.717, 1.165) is 10.4 Å². The van der Waals surface area contributed by atoms with Crippen LogP contribution in [-0.4, -0.2) is 22.1 Å². The second-order valence-corrected chi connectivity index (χ2v) is 6.49. The number of ether oxygens (including phenoxy) is 1. The fraction of sp³-hybridized carbons (Fsp3) is 0.278. The van der Waals surface area contributed by atoms with Crippen molar-refractivity contribution in [3.05, 3.63) is 52.6 Å². The minimum Gasteiger partial charge on any atom is -0.464 e. The van der Waals surface area contributed by atoms with Crippen molar-refractivity contribution >= 4 is 27.5 Å². The first-order valence-electron chi connectivity index (χ1n) is 7.77. The van der Waals surface area contributed by atoms with Gasteiger partial charge < -0.3 is 4.74 Å². The summed E-state index contributed by atoms with van der Waals surface area (Å²) in [6, 6.07) is 11.0. The lowest BCUT2D eigenvalue weighted by molar-refractivity contribution is -0.146. The molecule has 2 aromatic heterocycles. The van der Waals surface area contributed by atoms with Crippen molar-refractivity contribution < 1.29 is 9.53 Å². The van der Waals surface area contributed by atoms with Crippen molar-refractivity contribution in [2.75, 3.05) is 6.61 Å². The maximum atomic E-state index is 12.9. The summed E-state index contributed by atoms with van der Waals surface area (Å²) >= 11 is 1.48. The van der Waals surface area contributed by atoms with Gasteiger partial charge in [-0.2, -0.15) is 0 Å². The first-order chi connectivity index (χ1) is 11.5. The molecule has 0 bridgehead atoms. The lowest BCUT2D eigenvalue weighted by Crippen LogP contribution is -2.31. The molecule has 0 aliphatic carbocycles. The van der Waals surface area contributed by atoms with E-state index < -0.39 is 12.0 Å². The number of aryl methyl sites for hydroxylation is 1. The Balaban J connectivity index is 2.13. The summed E-state index contributed by atoms with van der Waals surface area (Å²) in [5.74, 6) is 0.0804. The van der Waals surface area contributed by atoms with E-state index >= 15 is 0 Å². The predicted octanol–water partition coefficient (Wildman–Crippen LogP) is 3.56. The van der Waals surface area contributed by atoms with Gasteiger partial charge in [0, 0.05) is 4.88 Å². The number of hydrogen-bond donors (Lipinski definition) is 0. The third-order valence-corrected chi connectivity index (χ3v) is 4.92. The van der Waals surface area contributed by atoms with Gasteiger partial charge in [0.1, 0.15) is 16.7 Å². The van der Waals surface area contributed by atoms with Gasteiger partial charge in [0.15, 0.2) is 0 Å². The van der Waals surface area contributed by atoms with Crippen molar-refractivity contribution in [3.8, 4) is 10.4 Å². The predicted molar refractivity (Wildman–Crippen MR) is 95.4 cm³/mol. The Kier molecular flexibility index (Phi) is 4.49. The quantitative estimate of drug-likeness (QED) is 0.680. The number of carbonyl (C=O) groups is 1. The third-order valence-electron chi connectivity index (χ3n) is 3.85. The van der Waals surface area contributed by atoms with Crippen LogP contribution in [-0.2, 0) is 9.53 Å². The Morgan fingerprint density at radius 2 is 2.04 bits per heavy atom. The van der Waals surface area contributed by atoms with Crippen LogP contribution in [0.25, 0.3) is 20.7 Å². The molecule has 0 amide bonds. The molecule has 0 fully saturated rings. The second kappa shape index (κ2) is 6.57. The normalized spacial score (nSPS) is 12.3. The Hall–Kier alpha value is -2.47. The number of esters is 1. The summed E-state index contributed by atoms with van der Waals surface area (Å²) < 4.78 is 6.44. The fourth-order valence-electron chi connectivity index (χ4n) is 2.66. The van der Waals surface area contributed by atoms with Crippen molar-refractivity contribution in [3.63, 3.8) is 0 Å². The minimum atomic E-state index is -0.700. The molecule has 0 saturated heterocycles. The number of aromatic nitrogens is 2. The summed E-state index contributed by atoms with van der Waals surface area (Å²) in [6.07, 6.45) is 0. The molecule has 0 spiro atoms. The Morgan fingerprint density at radius 1 is 1.33 bits per heavy atom. The van der Waals surface area contributed by atoms with Crippen molar-refractivity contribution in [1.29, 1.82) is 0 Å². The smallest absolute Gasteiger partial charge is 0.329 e. The van der Waals surface area contributed by atoms with Gasteiger partial charge in [-0.3, -0.25) is 9.36 Å². The highest BCUT2D eigenvalue weighted by Gasteiger charge is 2.22. The van der Waals surface area contributed by atoms with Crippen molar-refractivity contribution in [2.45, 2.75) is 26.8 Å². The number of thiophene rings is 1. The number of nitrogens with zero attached hydrogens (tertiary/aromatic N) is 2. The molecule has 24 heavy (non-hydrogen) atoms. The average Bonchev–Trinajstić information content (AvgIpc) is 3.00. The number of rotatable bonds is 4. The molecule has 2 heterocycles. The van der Waals surface area contributed by atoms with Crippen LogP contribution >= 0.6 is 11.3 Å². The summed E-state index contributed by atoms with van der Waals surface area (Å²) in [4.78, 5) is 31.1. The second-order valence-electron chi connectivity index (χ2n) is 5.46. The molecule has 1 aromatic carbocycles. The van der Waals surface area contributed by atoms with E-state index in [0.29, 0.717) is 16.0 Å². The van der Waals surface area contributed by atoms with Crippen LogP contribution in [0.2, 0.25) is 0 Å². The van der Waals surface area contributed by atoms with Gasteiger partial charge in [-0.25, -0.2) is 9.78 Å². The number of carbonyl (C=O) groups excluding carboxylic acids is 1. The molecule has 0 aliphatic rings. The first-order valence-corrected chi connectivity index (χ1v) is 8.59. The van der Waals surface area contributed by atoms with Crippen LogP contribution in [0.4, 0.5) is 0 Å². The van der Waals surface area contributed by atoms with Gasteiger partial charge in [-0.15, -0.1) is 11.3 Å². The summed E-state index contributed by atoms with van der Waals surface area (Å²) in [5.41, 5.74) is 0.832. The maximum absolute atomic E-state index is 12.9. The zero-order chi connectivity index (χ0) is 17.3. The topological polar surface area (TPSA) is 61.2 Å². The highest BCUT2D eigenvalue weighted by Crippen LogP contribution is 2.31. The standard InChI is InChI=1S/C18H18N2O3S/c1-4-23-18(22)11(2)20-12(3)19-16-14(17(20)21)10-15(24-16)13-8-6-5-7-9-13/h5-11H,4H2,1-3H3/t11-/m0/s1. The molecule has 3 aromatic rings. The van der Waals surface area contributed by atoms with Crippen molar-refractivity contribution in [2.24, 2.45) is 0 Å². The highest BCUT2D eigenvalue weighted by molar-refractivity contribution is 7.21. The number of hydrogen-bond acceptors (Lipinski definition) is 5. The summed E-state index contributed by atoms with van der Waals surface area (Å²) in [6.45, 7) is 5.42. The van der Waals surface area contributed by atoms with Crippen LogP contribution in [0, 0.1) is 6.92 Å². The molecule has 0 aliphatic heterocycles. The van der Waals surface area contributed by atoms with Crippen LogP contribution in [0.5, 0.6) is 0 Å². The summed E-state index contributed by atoms with van der Waals surface area (Å²) in [7, 11) is 0. The molecule has 6 heteroatoms. The largest absolute Gasteiger partial charge is 0.464 e. The molecule has 1 atom stereocenters. The van der Waals surface area contributed by atoms with Gasteiger partial charge in [0.2, 0.25) is 0 Å². The molecule has 3 rings (SSSR count). The van der Waals surface area contributed by atoms with Crippen LogP contribution in [0.1, 0.15) is 25.7 Å². The summed E-state index contributed by atoms with van der Waals surface area (Å²) in [5, 5.41) is 0.528. The van der Waals surface area contributed by atoms with Crippen LogP contribution in [0.15, 0.2) is 41.2 Å². The molecular formula is C18H18N2O3S. The van der Waals surface area contributed by atoms with E-state index in [4.69, 9.17) is 4.74 Å². The fourth-order valence-corrected chi connectivity index (χ4v) is 3.74. The lowest BCUT2D eigenvalue weighted by atomic mass is 10.2. The van der Waals surface area contributed by atoms with Gasteiger partial charge in [0.05, 0.1) is 12.0 Å². The maximum Gasteiger partial charge on any atom is 0.329 e. The molecule has 0 unspecified atom stereocenters. The first kappa shape index (κ1) is 16.4. The molecule has 0 N–H and O–H groups in total. The lowest BCUT2D eigenvalue weighted by Gasteiger charge is -2.15. The van der Waals surface area contributed by atoms with E-state index in [1.165, 1.54) is 15.9 Å². The molecule has 5 nitrogen and oxygen atoms in total. The van der Waals surface area contributed by atoms with E-state index in [9.17, 15) is 9.59 Å². The zero-order valence-electron chi connectivity index (χ0n) is 13.8. The SMILES string of the molecule is CCOC(=O)[C@H](C)n1c(C)nc2sc(-c3ccccc3)cc2c1=O. The minimum absolute atomic E-state index is 0.212. The van der Waals surface area contributed by atoms with E-state index in [1.807, 2.05) is 36.4 Å².